The SMILES string of the molecule is [CH2-]C.[CH2-]C=CC(=O)O.[Y]. The van der Waals surface area contributed by atoms with Gasteiger partial charge < -0.3 is 12.0 Å². The van der Waals surface area contributed by atoms with Crippen LogP contribution in [0.5, 0.6) is 0 Å². The number of carboxylic acid groups (broad SMARTS) is 1. The molecular formula is C6H10O2Y-2. The Morgan fingerprint density at radius 3 is 1.89 bits per heavy atom. The molecule has 0 atom stereocenters. The normalized spacial score (nSPS) is 6.89. The van der Waals surface area contributed by atoms with Gasteiger partial charge in [0.05, 0.1) is 0 Å². The van der Waals surface area contributed by atoms with E-state index in [4.69, 9.17) is 5.11 Å². The van der Waals surface area contributed by atoms with Crippen molar-refractivity contribution in [2.45, 2.75) is 6.92 Å². The molecule has 3 heteroatoms. The zero-order valence-corrected chi connectivity index (χ0v) is 8.34. The van der Waals surface area contributed by atoms with Crippen LogP contribution in [0.4, 0.5) is 0 Å². The first kappa shape index (κ1) is 16.1. The van der Waals surface area contributed by atoms with Crippen LogP contribution in [0.15, 0.2) is 12.2 Å². The van der Waals surface area contributed by atoms with Gasteiger partial charge in [0, 0.05) is 32.7 Å². The summed E-state index contributed by atoms with van der Waals surface area (Å²) in [6, 6.07) is 0. The number of carbonyl (C=O) groups is 1. The van der Waals surface area contributed by atoms with Crippen molar-refractivity contribution in [1.82, 2.24) is 0 Å². The molecule has 9 heavy (non-hydrogen) atoms. The van der Waals surface area contributed by atoms with Gasteiger partial charge >= 0.3 is 0 Å². The molecule has 2 nitrogen and oxygen atoms in total. The van der Waals surface area contributed by atoms with Crippen molar-refractivity contribution in [1.29, 1.82) is 0 Å². The number of hydrogen-bond acceptors (Lipinski definition) is 1. The fourth-order valence-electron chi connectivity index (χ4n) is 0.101. The average molecular weight is 203 g/mol. The molecule has 51 valence electrons. The Hall–Kier alpha value is 0.184. The Balaban J connectivity index is -0.000000109. The summed E-state index contributed by atoms with van der Waals surface area (Å²) >= 11 is 0. The van der Waals surface area contributed by atoms with E-state index in [1.807, 2.05) is 0 Å². The molecule has 0 amide bonds. The standard InChI is InChI=1S/C4H5O2.C2H5.Y/c1-2-3-4(5)6;1-2;/h2-3H,1H2,(H,5,6);1H2,2H3;/q2*-1;. The largest absolute Gasteiger partial charge is 0.491 e. The molecule has 0 aliphatic carbocycles. The summed E-state index contributed by atoms with van der Waals surface area (Å²) in [5, 5.41) is 7.79. The van der Waals surface area contributed by atoms with Crippen molar-refractivity contribution in [2.75, 3.05) is 0 Å². The van der Waals surface area contributed by atoms with E-state index in [1.54, 1.807) is 6.92 Å². The molecule has 0 heterocycles. The van der Waals surface area contributed by atoms with Crippen LogP contribution in [-0.4, -0.2) is 11.1 Å². The quantitative estimate of drug-likeness (QED) is 0.515. The minimum absolute atomic E-state index is 0. The van der Waals surface area contributed by atoms with E-state index >= 15 is 0 Å². The van der Waals surface area contributed by atoms with E-state index in [-0.39, 0.29) is 32.7 Å². The van der Waals surface area contributed by atoms with Gasteiger partial charge in [-0.25, -0.2) is 13.0 Å². The molecule has 1 radical (unpaired) electrons. The molecule has 0 spiro atoms. The second-order valence-electron chi connectivity index (χ2n) is 0.741. The van der Waals surface area contributed by atoms with Crippen molar-refractivity contribution < 1.29 is 42.6 Å². The number of aliphatic carboxylic acids is 1. The maximum Gasteiger partial charge on any atom is 0.245 e. The van der Waals surface area contributed by atoms with E-state index in [1.165, 1.54) is 6.08 Å². The summed E-state index contributed by atoms with van der Waals surface area (Å²) in [4.78, 5) is 9.47. The van der Waals surface area contributed by atoms with Gasteiger partial charge in [-0.05, 0) is 0 Å². The third-order valence-electron chi connectivity index (χ3n) is 0.260. The van der Waals surface area contributed by atoms with Crippen LogP contribution in [-0.2, 0) is 37.5 Å². The second kappa shape index (κ2) is 15.7. The summed E-state index contributed by atoms with van der Waals surface area (Å²) in [6.45, 7) is 8.16. The molecule has 0 saturated carbocycles. The fraction of sp³-hybridized carbons (Fsp3) is 0.167. The van der Waals surface area contributed by atoms with Crippen molar-refractivity contribution >= 4 is 5.97 Å². The summed E-state index contributed by atoms with van der Waals surface area (Å²) in [7, 11) is 0. The molecule has 0 fully saturated rings. The summed E-state index contributed by atoms with van der Waals surface area (Å²) in [6.07, 6.45) is 2.20. The minimum atomic E-state index is -0.954. The smallest absolute Gasteiger partial charge is 0.245 e. The molecular weight excluding hydrogens is 193 g/mol. The van der Waals surface area contributed by atoms with Crippen molar-refractivity contribution in [3.63, 3.8) is 0 Å². The maximum atomic E-state index is 9.47. The van der Waals surface area contributed by atoms with Crippen LogP contribution in [0.3, 0.4) is 0 Å². The predicted molar refractivity (Wildman–Crippen MR) is 33.2 cm³/mol. The van der Waals surface area contributed by atoms with Gasteiger partial charge in [-0.1, -0.05) is 0 Å². The summed E-state index contributed by atoms with van der Waals surface area (Å²) in [5.41, 5.74) is 0. The first-order valence-electron chi connectivity index (χ1n) is 2.17. The van der Waals surface area contributed by atoms with Gasteiger partial charge in [-0.15, -0.1) is 6.08 Å². The van der Waals surface area contributed by atoms with Crippen molar-refractivity contribution in [2.24, 2.45) is 0 Å². The molecule has 0 aliphatic rings. The van der Waals surface area contributed by atoms with Gasteiger partial charge in [-0.2, -0.15) is 6.92 Å². The van der Waals surface area contributed by atoms with Crippen LogP contribution >= 0.6 is 0 Å². The first-order valence-corrected chi connectivity index (χ1v) is 2.17. The van der Waals surface area contributed by atoms with Gasteiger partial charge in [0.25, 0.3) is 0 Å². The first-order chi connectivity index (χ1) is 3.77. The molecule has 0 rings (SSSR count). The molecule has 1 N–H and O–H groups in total. The third kappa shape index (κ3) is 30.9. The monoisotopic (exact) mass is 203 g/mol. The number of carboxylic acids is 1. The molecule has 0 saturated heterocycles. The molecule has 0 aliphatic heterocycles. The van der Waals surface area contributed by atoms with Gasteiger partial charge in [0.15, 0.2) is 0 Å². The van der Waals surface area contributed by atoms with E-state index in [2.05, 4.69) is 13.8 Å². The summed E-state index contributed by atoms with van der Waals surface area (Å²) < 4.78 is 0. The summed E-state index contributed by atoms with van der Waals surface area (Å²) in [5.74, 6) is -0.954. The van der Waals surface area contributed by atoms with E-state index in [9.17, 15) is 4.79 Å². The molecule has 0 bridgehead atoms. The topological polar surface area (TPSA) is 37.3 Å². The van der Waals surface area contributed by atoms with Gasteiger partial charge in [0.1, 0.15) is 0 Å². The van der Waals surface area contributed by atoms with E-state index < -0.39 is 5.97 Å². The van der Waals surface area contributed by atoms with Crippen LogP contribution in [0, 0.1) is 13.8 Å². The number of rotatable bonds is 1. The van der Waals surface area contributed by atoms with E-state index in [0.29, 0.717) is 0 Å². The van der Waals surface area contributed by atoms with Crippen LogP contribution < -0.4 is 0 Å². The average Bonchev–Trinajstić information content (AvgIpc) is 1.72. The Kier molecular flexibility index (Phi) is 28.1. The Morgan fingerprint density at radius 1 is 1.56 bits per heavy atom. The molecule has 0 aromatic carbocycles. The molecule has 0 aromatic heterocycles. The van der Waals surface area contributed by atoms with Crippen molar-refractivity contribution in [3.05, 3.63) is 26.0 Å². The Bertz CT molecular complexity index is 79.1. The maximum absolute atomic E-state index is 9.47. The van der Waals surface area contributed by atoms with Crippen molar-refractivity contribution in [3.8, 4) is 0 Å². The fourth-order valence-corrected chi connectivity index (χ4v) is 0.101. The number of hydrogen-bond donors (Lipinski definition) is 1. The minimum Gasteiger partial charge on any atom is -0.491 e. The van der Waals surface area contributed by atoms with Gasteiger partial charge in [-0.3, -0.25) is 4.79 Å². The molecule has 0 unspecified atom stereocenters. The van der Waals surface area contributed by atoms with E-state index in [0.717, 1.165) is 6.08 Å². The second-order valence-corrected chi connectivity index (χ2v) is 0.741. The van der Waals surface area contributed by atoms with Crippen LogP contribution in [0.2, 0.25) is 0 Å². The Labute approximate surface area is 81.2 Å². The zero-order valence-electron chi connectivity index (χ0n) is 5.50. The Morgan fingerprint density at radius 2 is 1.89 bits per heavy atom. The van der Waals surface area contributed by atoms with Gasteiger partial charge in [0.2, 0.25) is 5.97 Å². The predicted octanol–water partition coefficient (Wildman–Crippen LogP) is 1.30. The zero-order chi connectivity index (χ0) is 6.99. The number of allylic oxidation sites excluding steroid dienone is 1. The van der Waals surface area contributed by atoms with Crippen LogP contribution in [0.25, 0.3) is 0 Å². The molecule has 0 aromatic rings. The van der Waals surface area contributed by atoms with Crippen LogP contribution in [0.1, 0.15) is 6.92 Å². The third-order valence-corrected chi connectivity index (χ3v) is 0.260.